The highest BCUT2D eigenvalue weighted by atomic mass is 35.5. The molecule has 0 nitrogen and oxygen atoms in total. The Hall–Kier alpha value is -5.31. The smallest absolute Gasteiger partial charge is 0.126 e. The first-order valence-electron chi connectivity index (χ1n) is 25.4. The fourth-order valence-electron chi connectivity index (χ4n) is 6.39. The molecule has 0 unspecified atom stereocenters. The molecule has 0 heterocycles. The first-order valence-corrected chi connectivity index (χ1v) is 25.8. The van der Waals surface area contributed by atoms with Crippen LogP contribution < -0.4 is 0 Å². The molecule has 0 fully saturated rings. The summed E-state index contributed by atoms with van der Waals surface area (Å²) >= 11 is 5.79. The molecular formula is C68H93ClF2. The summed E-state index contributed by atoms with van der Waals surface area (Å²) in [4.78, 5) is 0. The molecule has 0 bridgehead atoms. The second kappa shape index (κ2) is 35.7. The molecule has 0 aliphatic rings. The van der Waals surface area contributed by atoms with Gasteiger partial charge in [0.25, 0.3) is 0 Å². The van der Waals surface area contributed by atoms with Crippen molar-refractivity contribution in [3.8, 4) is 0 Å². The van der Waals surface area contributed by atoms with E-state index >= 15 is 0 Å². The Balaban J connectivity index is 0.000000804. The van der Waals surface area contributed by atoms with Gasteiger partial charge in [0.05, 0.1) is 0 Å². The molecule has 0 saturated heterocycles. The van der Waals surface area contributed by atoms with Crippen LogP contribution in [0.15, 0.2) is 170 Å². The average molecular weight is 984 g/mol. The highest BCUT2D eigenvalue weighted by molar-refractivity contribution is 6.30. The summed E-state index contributed by atoms with van der Waals surface area (Å²) in [7, 11) is 0. The number of hydrogen-bond donors (Lipinski definition) is 0. The van der Waals surface area contributed by atoms with Crippen LogP contribution in [-0.4, -0.2) is 0 Å². The van der Waals surface area contributed by atoms with Gasteiger partial charge in [-0.1, -0.05) is 272 Å². The molecule has 0 atom stereocenters. The fraction of sp³-hybridized carbons (Fsp3) is 0.382. The molecule has 0 spiro atoms. The fourth-order valence-corrected chi connectivity index (χ4v) is 6.59. The maximum atomic E-state index is 12.9. The summed E-state index contributed by atoms with van der Waals surface area (Å²) in [5.74, 6) is 3.76. The molecule has 7 aromatic carbocycles. The summed E-state index contributed by atoms with van der Waals surface area (Å²) in [5.41, 5.74) is 13.8. The predicted octanol–water partition coefficient (Wildman–Crippen LogP) is 22.5. The van der Waals surface area contributed by atoms with E-state index in [9.17, 15) is 8.78 Å². The lowest BCUT2D eigenvalue weighted by molar-refractivity contribution is 0.614. The van der Waals surface area contributed by atoms with Gasteiger partial charge < -0.3 is 0 Å². The zero-order valence-electron chi connectivity index (χ0n) is 46.3. The molecule has 3 heteroatoms. The van der Waals surface area contributed by atoms with Crippen molar-refractivity contribution < 1.29 is 8.78 Å². The third kappa shape index (κ3) is 29.0. The molecule has 7 rings (SSSR count). The molecule has 0 amide bonds. The Bertz CT molecular complexity index is 2240. The van der Waals surface area contributed by atoms with Gasteiger partial charge in [-0.15, -0.1) is 0 Å². The van der Waals surface area contributed by atoms with Crippen molar-refractivity contribution in [2.24, 2.45) is 0 Å². The van der Waals surface area contributed by atoms with Crippen LogP contribution in [0.25, 0.3) is 0 Å². The van der Waals surface area contributed by atoms with Gasteiger partial charge in [-0.3, -0.25) is 0 Å². The van der Waals surface area contributed by atoms with Crippen molar-refractivity contribution in [2.75, 3.05) is 0 Å². The van der Waals surface area contributed by atoms with Crippen molar-refractivity contribution in [3.63, 3.8) is 0 Å². The number of benzene rings is 7. The third-order valence-electron chi connectivity index (χ3n) is 11.6. The first kappa shape index (κ1) is 65.7. The van der Waals surface area contributed by atoms with Crippen molar-refractivity contribution >= 4 is 11.6 Å². The van der Waals surface area contributed by atoms with Crippen LogP contribution in [0, 0.1) is 39.3 Å². The summed E-state index contributed by atoms with van der Waals surface area (Å²) in [6, 6.07) is 56.8. The lowest BCUT2D eigenvalue weighted by Gasteiger charge is -2.05. The molecule has 0 aromatic heterocycles. The van der Waals surface area contributed by atoms with Crippen LogP contribution in [0.2, 0.25) is 5.02 Å². The summed E-state index contributed by atoms with van der Waals surface area (Å²) in [6.07, 6.45) is 0. The zero-order chi connectivity index (χ0) is 52.9. The lowest BCUT2D eigenvalue weighted by atomic mass is 10.0. The van der Waals surface area contributed by atoms with E-state index in [0.29, 0.717) is 41.4 Å². The Kier molecular flexibility index (Phi) is 33.1. The zero-order valence-corrected chi connectivity index (χ0v) is 47.1. The average Bonchev–Trinajstić information content (AvgIpc) is 3.32. The molecule has 0 aliphatic heterocycles. The molecule has 386 valence electrons. The summed E-state index contributed by atoms with van der Waals surface area (Å²) < 4.78 is 25.5. The van der Waals surface area contributed by atoms with Crippen LogP contribution in [0.3, 0.4) is 0 Å². The van der Waals surface area contributed by atoms with Gasteiger partial charge >= 0.3 is 0 Å². The van der Waals surface area contributed by atoms with E-state index in [1.807, 2.05) is 42.5 Å². The number of halogens is 3. The number of rotatable bonds is 7. The monoisotopic (exact) mass is 983 g/mol. The van der Waals surface area contributed by atoms with E-state index in [-0.39, 0.29) is 19.1 Å². The molecule has 7 aromatic rings. The van der Waals surface area contributed by atoms with E-state index in [0.717, 1.165) is 21.7 Å². The highest BCUT2D eigenvalue weighted by Crippen LogP contribution is 2.20. The van der Waals surface area contributed by atoms with Gasteiger partial charge in [0, 0.05) is 5.02 Å². The third-order valence-corrected chi connectivity index (χ3v) is 11.8. The Morgan fingerprint density at radius 3 is 0.845 bits per heavy atom. The second-order valence-electron chi connectivity index (χ2n) is 20.3. The lowest BCUT2D eigenvalue weighted by Crippen LogP contribution is -1.90. The van der Waals surface area contributed by atoms with Gasteiger partial charge in [0.1, 0.15) is 11.6 Å². The van der Waals surface area contributed by atoms with Crippen molar-refractivity contribution in [2.45, 2.75) is 173 Å². The first-order chi connectivity index (χ1) is 32.9. The van der Waals surface area contributed by atoms with Crippen molar-refractivity contribution in [3.05, 3.63) is 248 Å². The quantitative estimate of drug-likeness (QED) is 0.149. The van der Waals surface area contributed by atoms with Gasteiger partial charge in [-0.2, -0.15) is 0 Å². The van der Waals surface area contributed by atoms with E-state index in [4.69, 9.17) is 11.6 Å². The molecule has 0 radical (unpaired) electrons. The summed E-state index contributed by atoms with van der Waals surface area (Å²) in [5, 5.41) is 0.825. The second-order valence-corrected chi connectivity index (χ2v) is 20.8. The van der Waals surface area contributed by atoms with Gasteiger partial charge in [0.2, 0.25) is 0 Å². The molecule has 0 saturated carbocycles. The maximum absolute atomic E-state index is 12.9. The van der Waals surface area contributed by atoms with E-state index in [1.54, 1.807) is 25.1 Å². The normalized spacial score (nSPS) is 10.3. The molecular weight excluding hydrogens is 890 g/mol. The van der Waals surface area contributed by atoms with Crippen LogP contribution in [0.4, 0.5) is 8.78 Å². The van der Waals surface area contributed by atoms with Gasteiger partial charge in [-0.05, 0) is 144 Å². The summed E-state index contributed by atoms with van der Waals surface area (Å²) in [6.45, 7) is 38.3. The number of hydrogen-bond acceptors (Lipinski definition) is 0. The van der Waals surface area contributed by atoms with Crippen LogP contribution >= 0.6 is 11.6 Å². The van der Waals surface area contributed by atoms with Gasteiger partial charge in [0.15, 0.2) is 0 Å². The van der Waals surface area contributed by atoms with E-state index in [2.05, 4.69) is 221 Å². The van der Waals surface area contributed by atoms with Crippen LogP contribution in [0.5, 0.6) is 0 Å². The predicted molar refractivity (Wildman–Crippen MR) is 314 cm³/mol. The topological polar surface area (TPSA) is 0 Å². The Morgan fingerprint density at radius 2 is 0.577 bits per heavy atom. The Labute approximate surface area is 439 Å². The molecule has 71 heavy (non-hydrogen) atoms. The molecule has 0 aliphatic carbocycles. The minimum Gasteiger partial charge on any atom is -0.207 e. The van der Waals surface area contributed by atoms with E-state index in [1.165, 1.54) is 50.6 Å². The van der Waals surface area contributed by atoms with Gasteiger partial charge in [-0.25, -0.2) is 8.78 Å². The number of aryl methyl sites for hydroxylation is 4. The minimum absolute atomic E-state index is 0. The van der Waals surface area contributed by atoms with Crippen LogP contribution in [0.1, 0.15) is 207 Å². The standard InChI is InChI=1S/C10H13F.3C10H14.C9H11Cl.C9H11F.C9H12.CH4/c1-7(2)9-5-4-8(3)10(11)6-9;3*1-8(2)10-6-4-9(3)5-7-10;2*1-7(2)8-4-3-5-9(10)6-8;1-8(2)9-6-4-3-5-7-9;/h4-7H,1-3H3;3*4-8H,1-3H3;2*3-7H,1-2H3;3-8H,1-2H3;1H4. The highest BCUT2D eigenvalue weighted by Gasteiger charge is 2.03. The maximum Gasteiger partial charge on any atom is 0.126 e. The van der Waals surface area contributed by atoms with E-state index < -0.39 is 0 Å². The Morgan fingerprint density at radius 1 is 0.296 bits per heavy atom. The SMILES string of the molecule is C.CC(C)c1cccc(Cl)c1.CC(C)c1cccc(F)c1.CC(C)c1ccccc1.Cc1ccc(C(C)C)cc1.Cc1ccc(C(C)C)cc1.Cc1ccc(C(C)C)cc1.Cc1ccc(C(C)C)cc1F. The molecule has 0 N–H and O–H groups in total. The van der Waals surface area contributed by atoms with Crippen molar-refractivity contribution in [1.82, 2.24) is 0 Å². The minimum atomic E-state index is -0.147. The van der Waals surface area contributed by atoms with Crippen LogP contribution in [-0.2, 0) is 0 Å². The van der Waals surface area contributed by atoms with Crippen molar-refractivity contribution in [1.29, 1.82) is 0 Å². The largest absolute Gasteiger partial charge is 0.207 e.